The number of rotatable bonds is 6. The van der Waals surface area contributed by atoms with E-state index in [0.717, 1.165) is 0 Å². The number of carbonyl (C=O) groups is 2. The van der Waals surface area contributed by atoms with Gasteiger partial charge in [-0.2, -0.15) is 0 Å². The number of nitro groups is 1. The van der Waals surface area contributed by atoms with Crippen molar-refractivity contribution in [1.82, 2.24) is 0 Å². The molecule has 1 heterocycles. The zero-order valence-corrected chi connectivity index (χ0v) is 18.6. The third-order valence-electron chi connectivity index (χ3n) is 5.05. The highest BCUT2D eigenvalue weighted by Gasteiger charge is 2.43. The molecular weight excluding hydrogens is 418 g/mol. The van der Waals surface area contributed by atoms with E-state index in [9.17, 15) is 19.7 Å². The SMILES string of the molecule is COC1(COc2ccc([N+](=O)[O-])cc2)CC(=O)c2cc(OC(C)=O)c(C(C)(C)C)cc2O1. The van der Waals surface area contributed by atoms with Gasteiger partial charge in [-0.05, 0) is 29.7 Å². The van der Waals surface area contributed by atoms with Crippen molar-refractivity contribution in [2.24, 2.45) is 0 Å². The van der Waals surface area contributed by atoms with Crippen molar-refractivity contribution >= 4 is 17.4 Å². The number of hydrogen-bond donors (Lipinski definition) is 0. The summed E-state index contributed by atoms with van der Waals surface area (Å²) < 4.78 is 22.7. The van der Waals surface area contributed by atoms with E-state index in [0.29, 0.717) is 22.8 Å². The number of methoxy groups -OCH3 is 1. The normalized spacial score (nSPS) is 17.8. The number of ether oxygens (including phenoxy) is 4. The Hall–Kier alpha value is -3.46. The first-order chi connectivity index (χ1) is 14.9. The van der Waals surface area contributed by atoms with Gasteiger partial charge in [0, 0.05) is 31.7 Å². The van der Waals surface area contributed by atoms with Gasteiger partial charge in [0.2, 0.25) is 0 Å². The van der Waals surface area contributed by atoms with Crippen LogP contribution in [0.25, 0.3) is 0 Å². The number of esters is 1. The van der Waals surface area contributed by atoms with E-state index in [4.69, 9.17) is 18.9 Å². The third kappa shape index (κ3) is 4.88. The summed E-state index contributed by atoms with van der Waals surface area (Å²) in [6.07, 6.45) is -0.127. The zero-order chi connectivity index (χ0) is 23.7. The highest BCUT2D eigenvalue weighted by molar-refractivity contribution is 6.01. The summed E-state index contributed by atoms with van der Waals surface area (Å²) in [6.45, 7) is 7.04. The Bertz CT molecular complexity index is 1050. The van der Waals surface area contributed by atoms with Crippen LogP contribution in [0.2, 0.25) is 0 Å². The Balaban J connectivity index is 1.90. The Labute approximate surface area is 185 Å². The van der Waals surface area contributed by atoms with Crippen molar-refractivity contribution in [3.05, 3.63) is 57.6 Å². The van der Waals surface area contributed by atoms with Crippen LogP contribution in [-0.2, 0) is 14.9 Å². The van der Waals surface area contributed by atoms with Crippen LogP contribution in [0.4, 0.5) is 5.69 Å². The molecule has 0 spiro atoms. The van der Waals surface area contributed by atoms with E-state index in [-0.39, 0.29) is 30.1 Å². The summed E-state index contributed by atoms with van der Waals surface area (Å²) in [5.74, 6) is -1.14. The topological polar surface area (TPSA) is 114 Å². The van der Waals surface area contributed by atoms with Crippen LogP contribution in [0.15, 0.2) is 36.4 Å². The van der Waals surface area contributed by atoms with Crippen LogP contribution in [0, 0.1) is 10.1 Å². The molecule has 32 heavy (non-hydrogen) atoms. The van der Waals surface area contributed by atoms with Gasteiger partial charge < -0.3 is 18.9 Å². The maximum absolute atomic E-state index is 13.0. The fourth-order valence-corrected chi connectivity index (χ4v) is 3.37. The zero-order valence-electron chi connectivity index (χ0n) is 18.6. The summed E-state index contributed by atoms with van der Waals surface area (Å²) in [4.78, 5) is 34.8. The third-order valence-corrected chi connectivity index (χ3v) is 5.05. The van der Waals surface area contributed by atoms with Crippen molar-refractivity contribution < 1.29 is 33.5 Å². The Morgan fingerprint density at radius 1 is 1.22 bits per heavy atom. The van der Waals surface area contributed by atoms with Gasteiger partial charge >= 0.3 is 5.97 Å². The second-order valence-corrected chi connectivity index (χ2v) is 8.54. The first kappa shape index (κ1) is 23.2. The molecule has 1 unspecified atom stereocenters. The fourth-order valence-electron chi connectivity index (χ4n) is 3.37. The number of nitro benzene ring substituents is 1. The lowest BCUT2D eigenvalue weighted by molar-refractivity contribution is -0.384. The molecule has 170 valence electrons. The number of ketones is 1. The molecule has 3 rings (SSSR count). The standard InChI is InChI=1S/C23H25NO8/c1-14(25)31-21-10-17-19(26)12-23(29-5,32-20(17)11-18(21)22(2,3)4)13-30-16-8-6-15(7-9-16)24(27)28/h6-11H,12-13H2,1-5H3. The summed E-state index contributed by atoms with van der Waals surface area (Å²) in [7, 11) is 1.41. The molecule has 0 fully saturated rings. The van der Waals surface area contributed by atoms with E-state index in [1.54, 1.807) is 6.07 Å². The minimum Gasteiger partial charge on any atom is -0.487 e. The number of carbonyl (C=O) groups excluding carboxylic acids is 2. The molecule has 9 heteroatoms. The number of hydrogen-bond acceptors (Lipinski definition) is 8. The summed E-state index contributed by atoms with van der Waals surface area (Å²) in [5.41, 5.74) is 0.532. The molecule has 1 aliphatic rings. The van der Waals surface area contributed by atoms with Crippen molar-refractivity contribution in [2.75, 3.05) is 13.7 Å². The van der Waals surface area contributed by atoms with Crippen molar-refractivity contribution in [1.29, 1.82) is 0 Å². The van der Waals surface area contributed by atoms with Crippen LogP contribution in [-0.4, -0.2) is 36.2 Å². The van der Waals surface area contributed by atoms with Gasteiger partial charge in [0.1, 0.15) is 17.2 Å². The van der Waals surface area contributed by atoms with Gasteiger partial charge in [-0.25, -0.2) is 0 Å². The van der Waals surface area contributed by atoms with Crippen LogP contribution in [0.3, 0.4) is 0 Å². The minimum atomic E-state index is -1.38. The quantitative estimate of drug-likeness (QED) is 0.282. The predicted octanol–water partition coefficient (Wildman–Crippen LogP) is 4.20. The van der Waals surface area contributed by atoms with Crippen LogP contribution in [0.1, 0.15) is 50.0 Å². The predicted molar refractivity (Wildman–Crippen MR) is 114 cm³/mol. The number of benzene rings is 2. The maximum Gasteiger partial charge on any atom is 0.308 e. The average molecular weight is 443 g/mol. The lowest BCUT2D eigenvalue weighted by atomic mass is 9.84. The molecule has 0 amide bonds. The molecule has 2 aromatic carbocycles. The van der Waals surface area contributed by atoms with E-state index < -0.39 is 22.1 Å². The largest absolute Gasteiger partial charge is 0.487 e. The minimum absolute atomic E-state index is 0.0601. The molecule has 0 N–H and O–H groups in total. The van der Waals surface area contributed by atoms with Crippen molar-refractivity contribution in [3.8, 4) is 17.2 Å². The molecule has 2 aromatic rings. The van der Waals surface area contributed by atoms with Gasteiger partial charge in [0.05, 0.1) is 16.9 Å². The number of nitrogens with zero attached hydrogens (tertiary/aromatic N) is 1. The lowest BCUT2D eigenvalue weighted by Crippen LogP contribution is -2.48. The Morgan fingerprint density at radius 3 is 2.41 bits per heavy atom. The molecule has 9 nitrogen and oxygen atoms in total. The molecule has 0 saturated carbocycles. The fraction of sp³-hybridized carbons (Fsp3) is 0.391. The van der Waals surface area contributed by atoms with Crippen LogP contribution < -0.4 is 14.2 Å². The molecule has 1 atom stereocenters. The second kappa shape index (κ2) is 8.58. The monoisotopic (exact) mass is 443 g/mol. The van der Waals surface area contributed by atoms with Gasteiger partial charge in [-0.15, -0.1) is 0 Å². The molecule has 0 bridgehead atoms. The molecule has 0 aromatic heterocycles. The number of fused-ring (bicyclic) bond motifs is 1. The van der Waals surface area contributed by atoms with Crippen LogP contribution >= 0.6 is 0 Å². The maximum atomic E-state index is 13.0. The van der Waals surface area contributed by atoms with E-state index in [1.807, 2.05) is 20.8 Å². The summed E-state index contributed by atoms with van der Waals surface area (Å²) in [6, 6.07) is 8.78. The Morgan fingerprint density at radius 2 is 1.88 bits per heavy atom. The number of Topliss-reactive ketones (excluding diaryl/α,β-unsaturated/α-hetero) is 1. The highest BCUT2D eigenvalue weighted by Crippen LogP contribution is 2.42. The molecule has 1 aliphatic heterocycles. The van der Waals surface area contributed by atoms with Crippen molar-refractivity contribution in [2.45, 2.75) is 45.3 Å². The van der Waals surface area contributed by atoms with E-state index in [2.05, 4.69) is 0 Å². The first-order valence-electron chi connectivity index (χ1n) is 9.96. The molecule has 0 saturated heterocycles. The van der Waals surface area contributed by atoms with E-state index in [1.165, 1.54) is 44.4 Å². The molecule has 0 radical (unpaired) electrons. The summed E-state index contributed by atoms with van der Waals surface area (Å²) >= 11 is 0. The second-order valence-electron chi connectivity index (χ2n) is 8.54. The Kier molecular flexibility index (Phi) is 6.23. The van der Waals surface area contributed by atoms with Crippen LogP contribution in [0.5, 0.6) is 17.2 Å². The average Bonchev–Trinajstić information content (AvgIpc) is 2.71. The molecular formula is C23H25NO8. The van der Waals surface area contributed by atoms with Gasteiger partial charge in [-0.1, -0.05) is 20.8 Å². The highest BCUT2D eigenvalue weighted by atomic mass is 16.7. The summed E-state index contributed by atoms with van der Waals surface area (Å²) in [5, 5.41) is 10.8. The van der Waals surface area contributed by atoms with Gasteiger partial charge in [0.15, 0.2) is 12.4 Å². The lowest BCUT2D eigenvalue weighted by Gasteiger charge is -2.37. The van der Waals surface area contributed by atoms with Gasteiger partial charge in [0.25, 0.3) is 11.5 Å². The number of non-ortho nitro benzene ring substituents is 1. The molecule has 0 aliphatic carbocycles. The van der Waals surface area contributed by atoms with Crippen molar-refractivity contribution in [3.63, 3.8) is 0 Å². The van der Waals surface area contributed by atoms with Gasteiger partial charge in [-0.3, -0.25) is 19.7 Å². The first-order valence-corrected chi connectivity index (χ1v) is 9.96. The smallest absolute Gasteiger partial charge is 0.308 e. The van der Waals surface area contributed by atoms with E-state index >= 15 is 0 Å².